The van der Waals surface area contributed by atoms with E-state index < -0.39 is 0 Å². The molecule has 0 spiro atoms. The highest BCUT2D eigenvalue weighted by Crippen LogP contribution is 2.14. The van der Waals surface area contributed by atoms with Gasteiger partial charge in [0.15, 0.2) is 5.65 Å². The van der Waals surface area contributed by atoms with Crippen LogP contribution in [-0.4, -0.2) is 19.6 Å². The molecule has 0 aliphatic heterocycles. The molecule has 16 heavy (non-hydrogen) atoms. The molecule has 0 aliphatic rings. The fraction of sp³-hybridized carbons (Fsp3) is 0.545. The molecule has 0 saturated carbocycles. The van der Waals surface area contributed by atoms with Crippen molar-refractivity contribution in [2.45, 2.75) is 39.0 Å². The average molecular weight is 282 g/mol. The summed E-state index contributed by atoms with van der Waals surface area (Å²) in [5, 5.41) is 4.06. The summed E-state index contributed by atoms with van der Waals surface area (Å²) in [6.07, 6.45) is 10.4. The summed E-state index contributed by atoms with van der Waals surface area (Å²) in [5.74, 6) is 0.852. The van der Waals surface area contributed by atoms with Crippen LogP contribution in [0.2, 0.25) is 0 Å². The van der Waals surface area contributed by atoms with E-state index in [4.69, 9.17) is 0 Å². The second-order valence-corrected chi connectivity index (χ2v) is 4.63. The van der Waals surface area contributed by atoms with Crippen LogP contribution in [0.4, 0.5) is 0 Å². The van der Waals surface area contributed by atoms with E-state index >= 15 is 0 Å². The summed E-state index contributed by atoms with van der Waals surface area (Å²) < 4.78 is 2.44. The Hall–Kier alpha value is -0.970. The van der Waals surface area contributed by atoms with E-state index in [1.165, 1.54) is 19.3 Å². The van der Waals surface area contributed by atoms with E-state index in [0.29, 0.717) is 0 Å². The normalized spacial score (nSPS) is 11.1. The maximum absolute atomic E-state index is 4.44. The van der Waals surface area contributed by atoms with Crippen molar-refractivity contribution in [3.05, 3.63) is 22.8 Å². The summed E-state index contributed by atoms with van der Waals surface area (Å²) in [4.78, 5) is 8.60. The lowest BCUT2D eigenvalue weighted by Crippen LogP contribution is -2.00. The largest absolute Gasteiger partial charge is 0.212 e. The van der Waals surface area contributed by atoms with E-state index in [-0.39, 0.29) is 0 Å². The predicted molar refractivity (Wildman–Crippen MR) is 65.2 cm³/mol. The van der Waals surface area contributed by atoms with Gasteiger partial charge in [-0.25, -0.2) is 9.97 Å². The van der Waals surface area contributed by atoms with Crippen molar-refractivity contribution in [3.63, 3.8) is 0 Å². The third kappa shape index (κ3) is 2.58. The summed E-state index contributed by atoms with van der Waals surface area (Å²) in [5.41, 5.74) is 0.792. The standard InChI is InChI=1S/C11H14BrN4/c1-2-3-4-5-6-10-13-8-16-11(15-10)9(12)7-14-16/h7H,2-6H2,1H3. The molecular weight excluding hydrogens is 268 g/mol. The minimum absolute atomic E-state index is 0.792. The summed E-state index contributed by atoms with van der Waals surface area (Å²) in [6, 6.07) is 0. The second kappa shape index (κ2) is 5.39. The average Bonchev–Trinajstić information content (AvgIpc) is 2.67. The number of halogens is 1. The quantitative estimate of drug-likeness (QED) is 0.792. The molecule has 5 heteroatoms. The first kappa shape index (κ1) is 11.5. The van der Waals surface area contributed by atoms with Crippen LogP contribution in [-0.2, 0) is 6.42 Å². The van der Waals surface area contributed by atoms with E-state index in [2.05, 4.69) is 44.2 Å². The predicted octanol–water partition coefficient (Wildman–Crippen LogP) is 2.81. The zero-order valence-electron chi connectivity index (χ0n) is 9.28. The Morgan fingerprint density at radius 3 is 3.06 bits per heavy atom. The van der Waals surface area contributed by atoms with Crippen molar-refractivity contribution >= 4 is 21.6 Å². The first-order chi connectivity index (χ1) is 7.81. The fourth-order valence-electron chi connectivity index (χ4n) is 1.57. The van der Waals surface area contributed by atoms with Gasteiger partial charge in [0.25, 0.3) is 0 Å². The molecule has 1 radical (unpaired) electrons. The van der Waals surface area contributed by atoms with Gasteiger partial charge in [0.1, 0.15) is 5.82 Å². The van der Waals surface area contributed by atoms with E-state index in [1.807, 2.05) is 0 Å². The van der Waals surface area contributed by atoms with Gasteiger partial charge in [0, 0.05) is 6.42 Å². The fourth-order valence-corrected chi connectivity index (χ4v) is 1.92. The molecule has 2 aromatic rings. The van der Waals surface area contributed by atoms with Crippen LogP contribution in [0.3, 0.4) is 0 Å². The van der Waals surface area contributed by atoms with Gasteiger partial charge in [-0.2, -0.15) is 9.61 Å². The molecule has 0 fully saturated rings. The molecule has 0 N–H and O–H groups in total. The topological polar surface area (TPSA) is 43.1 Å². The van der Waals surface area contributed by atoms with E-state index in [1.54, 1.807) is 10.7 Å². The van der Waals surface area contributed by atoms with Crippen LogP contribution >= 0.6 is 15.9 Å². The van der Waals surface area contributed by atoms with Crippen LogP contribution in [0.15, 0.2) is 10.7 Å². The second-order valence-electron chi connectivity index (χ2n) is 3.78. The van der Waals surface area contributed by atoms with Crippen LogP contribution in [0.5, 0.6) is 0 Å². The highest BCUT2D eigenvalue weighted by molar-refractivity contribution is 9.10. The number of hydrogen-bond donors (Lipinski definition) is 0. The molecule has 0 aliphatic carbocycles. The molecule has 0 amide bonds. The van der Waals surface area contributed by atoms with Gasteiger partial charge in [-0.05, 0) is 22.4 Å². The van der Waals surface area contributed by atoms with E-state index in [9.17, 15) is 0 Å². The molecule has 0 unspecified atom stereocenters. The molecule has 0 saturated heterocycles. The summed E-state index contributed by atoms with van der Waals surface area (Å²) in [7, 11) is 0. The Morgan fingerprint density at radius 2 is 2.25 bits per heavy atom. The molecule has 2 heterocycles. The Labute approximate surface area is 103 Å². The molecule has 0 atom stereocenters. The Kier molecular flexibility index (Phi) is 3.88. The molecule has 4 nitrogen and oxygen atoms in total. The maximum Gasteiger partial charge on any atom is 0.202 e. The molecule has 2 rings (SSSR count). The number of rotatable bonds is 5. The summed E-state index contributed by atoms with van der Waals surface area (Å²) >= 11 is 3.40. The highest BCUT2D eigenvalue weighted by Gasteiger charge is 2.05. The minimum atomic E-state index is 0.792. The van der Waals surface area contributed by atoms with Crippen molar-refractivity contribution < 1.29 is 0 Å². The van der Waals surface area contributed by atoms with Crippen LogP contribution < -0.4 is 0 Å². The number of fused-ring (bicyclic) bond motifs is 1. The number of hydrogen-bond acceptors (Lipinski definition) is 3. The SMILES string of the molecule is CCCCCCc1n[c]n2ncc(Br)c2n1. The van der Waals surface area contributed by atoms with Crippen molar-refractivity contribution in [2.75, 3.05) is 0 Å². The van der Waals surface area contributed by atoms with Crippen molar-refractivity contribution in [1.29, 1.82) is 0 Å². The van der Waals surface area contributed by atoms with Gasteiger partial charge < -0.3 is 0 Å². The monoisotopic (exact) mass is 281 g/mol. The van der Waals surface area contributed by atoms with Gasteiger partial charge in [-0.15, -0.1) is 0 Å². The van der Waals surface area contributed by atoms with Gasteiger partial charge in [-0.3, -0.25) is 0 Å². The van der Waals surface area contributed by atoms with Crippen molar-refractivity contribution in [2.24, 2.45) is 0 Å². The van der Waals surface area contributed by atoms with Crippen LogP contribution in [0, 0.1) is 6.33 Å². The van der Waals surface area contributed by atoms with Gasteiger partial charge in [0.05, 0.1) is 10.7 Å². The van der Waals surface area contributed by atoms with Crippen LogP contribution in [0.1, 0.15) is 38.4 Å². The lowest BCUT2D eigenvalue weighted by molar-refractivity contribution is 0.649. The molecule has 85 valence electrons. The lowest BCUT2D eigenvalue weighted by atomic mass is 10.1. The first-order valence-electron chi connectivity index (χ1n) is 5.59. The number of unbranched alkanes of at least 4 members (excludes halogenated alkanes) is 3. The van der Waals surface area contributed by atoms with E-state index in [0.717, 1.165) is 28.8 Å². The number of nitrogens with zero attached hydrogens (tertiary/aromatic N) is 4. The third-order valence-corrected chi connectivity index (χ3v) is 3.02. The van der Waals surface area contributed by atoms with Crippen molar-refractivity contribution in [1.82, 2.24) is 19.6 Å². The summed E-state index contributed by atoms with van der Waals surface area (Å²) in [6.45, 7) is 2.21. The Balaban J connectivity index is 2.04. The molecule has 0 bridgehead atoms. The first-order valence-corrected chi connectivity index (χ1v) is 6.38. The Bertz CT molecular complexity index is 466. The zero-order chi connectivity index (χ0) is 11.4. The Morgan fingerprint density at radius 1 is 1.38 bits per heavy atom. The number of aryl methyl sites for hydroxylation is 1. The maximum atomic E-state index is 4.44. The van der Waals surface area contributed by atoms with Gasteiger partial charge in [-0.1, -0.05) is 26.2 Å². The lowest BCUT2D eigenvalue weighted by Gasteiger charge is -1.99. The molecule has 0 aromatic carbocycles. The van der Waals surface area contributed by atoms with Crippen molar-refractivity contribution in [3.8, 4) is 0 Å². The highest BCUT2D eigenvalue weighted by atomic mass is 79.9. The van der Waals surface area contributed by atoms with Gasteiger partial charge >= 0.3 is 0 Å². The number of aromatic nitrogens is 4. The van der Waals surface area contributed by atoms with Gasteiger partial charge in [0.2, 0.25) is 6.33 Å². The molecule has 2 aromatic heterocycles. The van der Waals surface area contributed by atoms with Crippen LogP contribution in [0.25, 0.3) is 5.65 Å². The zero-order valence-corrected chi connectivity index (χ0v) is 10.9. The minimum Gasteiger partial charge on any atom is -0.212 e. The smallest absolute Gasteiger partial charge is 0.202 e. The molecular formula is C11H14BrN4. The third-order valence-electron chi connectivity index (χ3n) is 2.46.